The summed E-state index contributed by atoms with van der Waals surface area (Å²) in [5.41, 5.74) is 10.6. The van der Waals surface area contributed by atoms with Gasteiger partial charge in [-0.1, -0.05) is 121 Å². The van der Waals surface area contributed by atoms with Crippen LogP contribution in [0, 0.1) is 10.4 Å². The van der Waals surface area contributed by atoms with Crippen molar-refractivity contribution in [3.63, 3.8) is 0 Å². The topological polar surface area (TPSA) is 76.9 Å². The van der Waals surface area contributed by atoms with Crippen LogP contribution in [0.25, 0.3) is 22.3 Å². The van der Waals surface area contributed by atoms with Crippen molar-refractivity contribution in [2.24, 2.45) is 9.98 Å². The van der Waals surface area contributed by atoms with Gasteiger partial charge in [-0.15, -0.1) is 0 Å². The summed E-state index contributed by atoms with van der Waals surface area (Å²) in [4.78, 5) is 10.3. The molecule has 9 rings (SSSR count). The van der Waals surface area contributed by atoms with Gasteiger partial charge < -0.3 is 10.4 Å². The van der Waals surface area contributed by atoms with Crippen LogP contribution in [0.5, 0.6) is 0 Å². The van der Waals surface area contributed by atoms with Crippen LogP contribution >= 0.6 is 0 Å². The van der Waals surface area contributed by atoms with Gasteiger partial charge in [0.05, 0.1) is 45.1 Å². The van der Waals surface area contributed by atoms with E-state index in [0.29, 0.717) is 67.9 Å². The van der Waals surface area contributed by atoms with Crippen LogP contribution < -0.4 is 0 Å². The molecule has 4 aromatic rings. The fraction of sp³-hybridized carbons (Fsp3) is 0. The lowest BCUT2D eigenvalue weighted by Gasteiger charge is -2.14. The lowest BCUT2D eigenvalue weighted by Crippen LogP contribution is -2.15. The number of benzene rings is 4. The Bertz CT molecular complexity index is 2230. The molecule has 0 N–H and O–H groups in total. The van der Waals surface area contributed by atoms with Gasteiger partial charge in [-0.3, -0.25) is 0 Å². The minimum atomic E-state index is 0.468. The summed E-state index contributed by atoms with van der Waals surface area (Å²) in [6.45, 7) is 0. The Labute approximate surface area is 289 Å². The first-order valence-electron chi connectivity index (χ1n) is 16.4. The van der Waals surface area contributed by atoms with Gasteiger partial charge in [0.25, 0.3) is 0 Å². The van der Waals surface area contributed by atoms with Crippen LogP contribution in [-0.4, -0.2) is 32.3 Å². The highest BCUT2D eigenvalue weighted by atomic mass is 16.5. The van der Waals surface area contributed by atoms with E-state index in [1.54, 1.807) is 0 Å². The Balaban J connectivity index is 1.42. The van der Waals surface area contributed by atoms with E-state index >= 15 is 0 Å². The van der Waals surface area contributed by atoms with E-state index in [1.165, 1.54) is 0 Å². The van der Waals surface area contributed by atoms with E-state index < -0.39 is 0 Å². The SMILES string of the molecule is [O-][N+]1=C2C=CC1=C(c1ccccc1)C1=NC(=C(c3ccccc3)C3=[N+]([O-])C(=C(c4ccccc4)C4=NC(=C2c2ccccc2)C=C4)C=C3)C=C1. The number of nitrogens with zero attached hydrogens (tertiary/aromatic N) is 4. The van der Waals surface area contributed by atoms with Crippen LogP contribution in [0.4, 0.5) is 0 Å². The molecule has 5 aliphatic heterocycles. The normalized spacial score (nSPS) is 18.0. The van der Waals surface area contributed by atoms with Crippen LogP contribution in [0.2, 0.25) is 0 Å². The zero-order chi connectivity index (χ0) is 33.6. The molecular weight excluding hydrogens is 617 g/mol. The van der Waals surface area contributed by atoms with Gasteiger partial charge in [-0.25, -0.2) is 9.98 Å². The Hall–Kier alpha value is -6.92. The second-order valence-corrected chi connectivity index (χ2v) is 12.2. The zero-order valence-electron chi connectivity index (χ0n) is 26.8. The molecule has 0 saturated heterocycles. The average molecular weight is 645 g/mol. The molecule has 0 atom stereocenters. The highest BCUT2D eigenvalue weighted by molar-refractivity contribution is 6.37. The minimum Gasteiger partial charge on any atom is -0.618 e. The lowest BCUT2D eigenvalue weighted by molar-refractivity contribution is -0.388. The predicted octanol–water partition coefficient (Wildman–Crippen LogP) is 8.71. The summed E-state index contributed by atoms with van der Waals surface area (Å²) < 4.78 is 1.99. The van der Waals surface area contributed by atoms with Crippen molar-refractivity contribution in [2.75, 3.05) is 0 Å². The highest BCUT2D eigenvalue weighted by Crippen LogP contribution is 2.38. The number of hydroxylamine groups is 2. The number of allylic oxidation sites excluding steroid dienone is 12. The maximum Gasteiger partial charge on any atom is 0.227 e. The molecule has 6 heteroatoms. The third-order valence-electron chi connectivity index (χ3n) is 9.25. The molecule has 50 heavy (non-hydrogen) atoms. The molecule has 0 fully saturated rings. The maximum atomic E-state index is 14.6. The van der Waals surface area contributed by atoms with Gasteiger partial charge in [0.2, 0.25) is 22.8 Å². The van der Waals surface area contributed by atoms with Gasteiger partial charge >= 0.3 is 0 Å². The number of hydrogen-bond acceptors (Lipinski definition) is 4. The Morgan fingerprint density at radius 1 is 0.340 bits per heavy atom. The van der Waals surface area contributed by atoms with Crippen LogP contribution in [-0.2, 0) is 0 Å². The molecule has 5 aliphatic rings. The molecular formula is C44H28N4O2. The van der Waals surface area contributed by atoms with E-state index in [1.807, 2.05) is 170 Å². The highest BCUT2D eigenvalue weighted by Gasteiger charge is 2.35. The summed E-state index contributed by atoms with van der Waals surface area (Å²) in [5.74, 6) is 0. The number of rotatable bonds is 4. The largest absolute Gasteiger partial charge is 0.618 e. The zero-order valence-corrected chi connectivity index (χ0v) is 26.8. The van der Waals surface area contributed by atoms with E-state index in [2.05, 4.69) is 0 Å². The third-order valence-corrected chi connectivity index (χ3v) is 9.25. The molecule has 0 aliphatic carbocycles. The Kier molecular flexibility index (Phi) is 6.99. The van der Waals surface area contributed by atoms with E-state index in [4.69, 9.17) is 9.98 Å². The van der Waals surface area contributed by atoms with Crippen molar-refractivity contribution in [3.05, 3.63) is 225 Å². The first-order chi connectivity index (χ1) is 24.7. The quantitative estimate of drug-likeness (QED) is 0.165. The molecule has 8 bridgehead atoms. The minimum absolute atomic E-state index is 0.468. The van der Waals surface area contributed by atoms with E-state index in [0.717, 1.165) is 31.7 Å². The second-order valence-electron chi connectivity index (χ2n) is 12.2. The molecule has 0 spiro atoms. The monoisotopic (exact) mass is 644 g/mol. The summed E-state index contributed by atoms with van der Waals surface area (Å²) >= 11 is 0. The summed E-state index contributed by atoms with van der Waals surface area (Å²) in [6.07, 6.45) is 15.2. The average Bonchev–Trinajstić information content (AvgIpc) is 3.98. The number of fused-ring (bicyclic) bond motifs is 4. The fourth-order valence-corrected chi connectivity index (χ4v) is 6.99. The van der Waals surface area contributed by atoms with Crippen molar-refractivity contribution in [1.82, 2.24) is 0 Å². The van der Waals surface area contributed by atoms with Gasteiger partial charge in [0, 0.05) is 24.3 Å². The molecule has 236 valence electrons. The fourth-order valence-electron chi connectivity index (χ4n) is 6.99. The third kappa shape index (κ3) is 4.81. The van der Waals surface area contributed by atoms with Crippen molar-refractivity contribution < 1.29 is 9.48 Å². The molecule has 0 saturated carbocycles. The Morgan fingerprint density at radius 2 is 0.660 bits per heavy atom. The summed E-state index contributed by atoms with van der Waals surface area (Å²) in [7, 11) is 0. The van der Waals surface area contributed by atoms with Crippen molar-refractivity contribution in [2.45, 2.75) is 0 Å². The van der Waals surface area contributed by atoms with E-state index in [9.17, 15) is 10.4 Å². The number of aliphatic imine (C=N–C) groups is 2. The molecule has 5 heterocycles. The van der Waals surface area contributed by atoms with Crippen LogP contribution in [0.15, 0.2) is 203 Å². The van der Waals surface area contributed by atoms with Crippen molar-refractivity contribution in [1.29, 1.82) is 0 Å². The molecule has 0 aromatic heterocycles. The van der Waals surface area contributed by atoms with Gasteiger partial charge in [0.1, 0.15) is 0 Å². The molecule has 6 nitrogen and oxygen atoms in total. The van der Waals surface area contributed by atoms with Gasteiger partial charge in [-0.05, 0) is 46.6 Å². The molecule has 0 unspecified atom stereocenters. The lowest BCUT2D eigenvalue weighted by atomic mass is 9.98. The number of hydrogen-bond donors (Lipinski definition) is 0. The second kappa shape index (κ2) is 12.0. The van der Waals surface area contributed by atoms with Gasteiger partial charge in [-0.2, -0.15) is 9.48 Å². The smallest absolute Gasteiger partial charge is 0.227 e. The van der Waals surface area contributed by atoms with E-state index in [-0.39, 0.29) is 0 Å². The summed E-state index contributed by atoms with van der Waals surface area (Å²) in [5, 5.41) is 29.3. The standard InChI is InChI=1S/C44H28N4O2/c49-47-37-25-26-38(47)43(31-17-9-3-10-18-31)35-23-24-36(46-35)44(32-19-11-4-12-20-32)40-28-27-39(48(40)50)42(30-15-7-2-8-16-30)34-22-21-33(45-34)41(37)29-13-5-1-6-14-29/h1-28H. The van der Waals surface area contributed by atoms with Crippen molar-refractivity contribution in [3.8, 4) is 0 Å². The summed E-state index contributed by atoms with van der Waals surface area (Å²) in [6, 6.07) is 39.3. The Morgan fingerprint density at radius 3 is 1.00 bits per heavy atom. The predicted molar refractivity (Wildman–Crippen MR) is 202 cm³/mol. The van der Waals surface area contributed by atoms with Crippen LogP contribution in [0.3, 0.4) is 0 Å². The van der Waals surface area contributed by atoms with Gasteiger partial charge in [0.15, 0.2) is 0 Å². The van der Waals surface area contributed by atoms with Crippen LogP contribution in [0.1, 0.15) is 22.3 Å². The maximum absolute atomic E-state index is 14.6. The molecule has 4 aromatic carbocycles. The first kappa shape index (κ1) is 29.2. The van der Waals surface area contributed by atoms with Crippen molar-refractivity contribution >= 4 is 45.1 Å². The molecule has 0 amide bonds. The molecule has 0 radical (unpaired) electrons. The first-order valence-corrected chi connectivity index (χ1v) is 16.4.